The van der Waals surface area contributed by atoms with Crippen LogP contribution in [-0.2, 0) is 29.0 Å². The molecule has 0 bridgehead atoms. The minimum atomic E-state index is -3.77. The first-order chi connectivity index (χ1) is 12.9. The van der Waals surface area contributed by atoms with Crippen molar-refractivity contribution >= 4 is 26.0 Å². The summed E-state index contributed by atoms with van der Waals surface area (Å²) in [6, 6.07) is 1.34. The number of ether oxygens (including phenoxy) is 5. The van der Waals surface area contributed by atoms with Gasteiger partial charge in [0, 0.05) is 0 Å². The first kappa shape index (κ1) is 22.4. The van der Waals surface area contributed by atoms with Crippen LogP contribution >= 0.6 is 15.9 Å². The number of hydrogen-bond donors (Lipinski definition) is 2. The van der Waals surface area contributed by atoms with Crippen LogP contribution in [0.1, 0.15) is 0 Å². The molecular weight excluding hydrogens is 448 g/mol. The normalized spacial score (nSPS) is 23.2. The molecule has 2 aliphatic rings. The van der Waals surface area contributed by atoms with Crippen LogP contribution in [-0.4, -0.2) is 83.6 Å². The van der Waals surface area contributed by atoms with E-state index in [0.29, 0.717) is 44.1 Å². The van der Waals surface area contributed by atoms with Crippen molar-refractivity contribution in [2.75, 3.05) is 52.9 Å². The molecule has 0 spiro atoms. The number of nitrogens with two attached hydrogens (primary N) is 1. The third kappa shape index (κ3) is 7.95. The van der Waals surface area contributed by atoms with E-state index in [0.717, 1.165) is 6.20 Å². The van der Waals surface area contributed by atoms with Gasteiger partial charge in [-0.15, -0.1) is 0 Å². The number of hydrogen-bond acceptors (Lipinski definition) is 9. The monoisotopic (exact) mass is 470 g/mol. The number of aliphatic hydroxyl groups excluding tert-OH is 1. The van der Waals surface area contributed by atoms with Gasteiger partial charge in [0.2, 0.25) is 15.9 Å². The van der Waals surface area contributed by atoms with Crippen molar-refractivity contribution in [3.05, 3.63) is 16.7 Å². The third-order valence-electron chi connectivity index (χ3n) is 3.49. The van der Waals surface area contributed by atoms with Gasteiger partial charge < -0.3 is 28.8 Å². The maximum atomic E-state index is 11.1. The highest BCUT2D eigenvalue weighted by molar-refractivity contribution is 9.10. The van der Waals surface area contributed by atoms with E-state index in [1.54, 1.807) is 0 Å². The summed E-state index contributed by atoms with van der Waals surface area (Å²) in [6.45, 7) is 3.75. The van der Waals surface area contributed by atoms with Crippen LogP contribution in [0.2, 0.25) is 0 Å². The molecule has 3 N–H and O–H groups in total. The summed E-state index contributed by atoms with van der Waals surface area (Å²) in [5, 5.41) is 13.5. The van der Waals surface area contributed by atoms with Crippen molar-refractivity contribution in [3.63, 3.8) is 0 Å². The summed E-state index contributed by atoms with van der Waals surface area (Å²) >= 11 is 3.19. The van der Waals surface area contributed by atoms with E-state index >= 15 is 0 Å². The smallest absolute Gasteiger partial charge is 0.239 e. The summed E-state index contributed by atoms with van der Waals surface area (Å²) in [7, 11) is -3.77. The Morgan fingerprint density at radius 1 is 1.19 bits per heavy atom. The van der Waals surface area contributed by atoms with E-state index in [-0.39, 0.29) is 36.2 Å². The molecule has 2 atom stereocenters. The van der Waals surface area contributed by atoms with Crippen LogP contribution in [0.25, 0.3) is 0 Å². The van der Waals surface area contributed by atoms with Crippen LogP contribution in [0, 0.1) is 0 Å². The van der Waals surface area contributed by atoms with Gasteiger partial charge in [0.15, 0.2) is 0 Å². The number of rotatable bonds is 5. The van der Waals surface area contributed by atoms with E-state index in [9.17, 15) is 8.42 Å². The highest BCUT2D eigenvalue weighted by atomic mass is 79.9. The molecule has 1 aromatic heterocycles. The minimum absolute atomic E-state index is 0.0694. The summed E-state index contributed by atoms with van der Waals surface area (Å²) in [5.74, 6) is 0.279. The van der Waals surface area contributed by atoms with E-state index in [4.69, 9.17) is 33.9 Å². The lowest BCUT2D eigenvalue weighted by Gasteiger charge is -2.22. The molecule has 154 valence electrons. The number of halogens is 1. The van der Waals surface area contributed by atoms with E-state index in [2.05, 4.69) is 20.9 Å². The highest BCUT2D eigenvalue weighted by Crippen LogP contribution is 2.24. The standard InChI is InChI=1S/C10H13BrN2O5S.C5H10O3/c11-9-3-8(19(12,14)15)4-13-10(9)18-6-7-5-16-1-2-17-7;6-3-5-4-7-1-2-8-5/h3-4,7H,1-2,5-6H2,(H2,12,14,15);5-6H,1-4H2. The largest absolute Gasteiger partial charge is 0.474 e. The molecule has 2 fully saturated rings. The first-order valence-corrected chi connectivity index (χ1v) is 10.5. The van der Waals surface area contributed by atoms with Gasteiger partial charge in [-0.1, -0.05) is 0 Å². The van der Waals surface area contributed by atoms with Crippen molar-refractivity contribution in [3.8, 4) is 5.88 Å². The maximum Gasteiger partial charge on any atom is 0.239 e. The number of pyridine rings is 1. The summed E-state index contributed by atoms with van der Waals surface area (Å²) < 4.78 is 48.8. The molecule has 1 aromatic rings. The average molecular weight is 471 g/mol. The van der Waals surface area contributed by atoms with Crippen molar-refractivity contribution in [1.82, 2.24) is 4.98 Å². The minimum Gasteiger partial charge on any atom is -0.474 e. The molecule has 2 saturated heterocycles. The Morgan fingerprint density at radius 2 is 1.81 bits per heavy atom. The van der Waals surface area contributed by atoms with Gasteiger partial charge in [-0.25, -0.2) is 18.5 Å². The van der Waals surface area contributed by atoms with Crippen LogP contribution in [0.3, 0.4) is 0 Å². The van der Waals surface area contributed by atoms with Gasteiger partial charge in [-0.05, 0) is 22.0 Å². The fourth-order valence-corrected chi connectivity index (χ4v) is 3.21. The van der Waals surface area contributed by atoms with Crippen molar-refractivity contribution in [1.29, 1.82) is 0 Å². The Morgan fingerprint density at radius 3 is 2.26 bits per heavy atom. The zero-order valence-corrected chi connectivity index (χ0v) is 17.0. The van der Waals surface area contributed by atoms with Gasteiger partial charge in [0.05, 0.1) is 56.9 Å². The lowest BCUT2D eigenvalue weighted by atomic mass is 10.4. The van der Waals surface area contributed by atoms with Gasteiger partial charge in [0.1, 0.15) is 23.7 Å². The van der Waals surface area contributed by atoms with Gasteiger partial charge in [-0.3, -0.25) is 0 Å². The SMILES string of the molecule is NS(=O)(=O)c1cnc(OCC2COCCO2)c(Br)c1.OCC1COCCO1. The predicted molar refractivity (Wildman–Crippen MR) is 97.0 cm³/mol. The number of nitrogens with zero attached hydrogens (tertiary/aromatic N) is 1. The molecule has 0 amide bonds. The Kier molecular flexibility index (Phi) is 9.32. The molecule has 2 unspecified atom stereocenters. The molecule has 12 heteroatoms. The second-order valence-electron chi connectivity index (χ2n) is 5.63. The third-order valence-corrected chi connectivity index (χ3v) is 4.94. The molecule has 0 radical (unpaired) electrons. The fraction of sp³-hybridized carbons (Fsp3) is 0.667. The van der Waals surface area contributed by atoms with Crippen LogP contribution in [0.5, 0.6) is 5.88 Å². The van der Waals surface area contributed by atoms with Gasteiger partial charge >= 0.3 is 0 Å². The Bertz CT molecular complexity index is 678. The van der Waals surface area contributed by atoms with E-state index in [1.807, 2.05) is 0 Å². The summed E-state index contributed by atoms with van der Waals surface area (Å²) in [5.41, 5.74) is 0. The molecule has 2 aliphatic heterocycles. The van der Waals surface area contributed by atoms with Crippen LogP contribution < -0.4 is 9.88 Å². The summed E-state index contributed by atoms with van der Waals surface area (Å²) in [4.78, 5) is 3.82. The number of primary sulfonamides is 1. The molecule has 3 heterocycles. The average Bonchev–Trinajstić information content (AvgIpc) is 2.68. The predicted octanol–water partition coefficient (Wildman–Crippen LogP) is -0.320. The Balaban J connectivity index is 0.000000273. The zero-order chi connectivity index (χ0) is 19.7. The van der Waals surface area contributed by atoms with Crippen LogP contribution in [0.4, 0.5) is 0 Å². The van der Waals surface area contributed by atoms with Gasteiger partial charge in [-0.2, -0.15) is 0 Å². The lowest BCUT2D eigenvalue weighted by Crippen LogP contribution is -2.33. The maximum absolute atomic E-state index is 11.1. The second kappa shape index (κ2) is 11.2. The highest BCUT2D eigenvalue weighted by Gasteiger charge is 2.17. The molecule has 10 nitrogen and oxygen atoms in total. The fourth-order valence-electron chi connectivity index (χ4n) is 2.12. The zero-order valence-electron chi connectivity index (χ0n) is 14.6. The number of aromatic nitrogens is 1. The second-order valence-corrected chi connectivity index (χ2v) is 8.05. The quantitative estimate of drug-likeness (QED) is 0.591. The molecule has 0 saturated carbocycles. The molecule has 0 aliphatic carbocycles. The van der Waals surface area contributed by atoms with Gasteiger partial charge in [0.25, 0.3) is 0 Å². The van der Waals surface area contributed by atoms with Crippen molar-refractivity contribution < 1.29 is 37.2 Å². The summed E-state index contributed by atoms with van der Waals surface area (Å²) in [6.07, 6.45) is 0.914. The topological polar surface area (TPSA) is 139 Å². The first-order valence-electron chi connectivity index (χ1n) is 8.21. The van der Waals surface area contributed by atoms with Crippen molar-refractivity contribution in [2.45, 2.75) is 17.1 Å². The molecule has 3 rings (SSSR count). The Hall–Kier alpha value is -0.860. The molecule has 27 heavy (non-hydrogen) atoms. The van der Waals surface area contributed by atoms with Crippen molar-refractivity contribution in [2.24, 2.45) is 5.14 Å². The van der Waals surface area contributed by atoms with E-state index < -0.39 is 10.0 Å². The van der Waals surface area contributed by atoms with E-state index in [1.165, 1.54) is 6.07 Å². The molecule has 0 aromatic carbocycles. The lowest BCUT2D eigenvalue weighted by molar-refractivity contribution is -0.105. The van der Waals surface area contributed by atoms with Crippen LogP contribution in [0.15, 0.2) is 21.6 Å². The number of sulfonamides is 1. The molecular formula is C15H23BrN2O8S. The number of aliphatic hydroxyl groups is 1. The Labute approximate surface area is 166 Å².